The van der Waals surface area contributed by atoms with E-state index in [1.807, 2.05) is 17.0 Å². The van der Waals surface area contributed by atoms with Crippen LogP contribution >= 0.6 is 23.2 Å². The number of hydrogen-bond acceptors (Lipinski definition) is 2. The predicted molar refractivity (Wildman–Crippen MR) is 88.3 cm³/mol. The Labute approximate surface area is 139 Å². The summed E-state index contributed by atoms with van der Waals surface area (Å²) in [7, 11) is 0. The quantitative estimate of drug-likeness (QED) is 0.888. The summed E-state index contributed by atoms with van der Waals surface area (Å²) in [6.45, 7) is 0.570. The lowest BCUT2D eigenvalue weighted by molar-refractivity contribution is 0.206. The van der Waals surface area contributed by atoms with Gasteiger partial charge in [0.2, 0.25) is 0 Å². The molecule has 1 aromatic carbocycles. The molecule has 0 spiro atoms. The minimum absolute atomic E-state index is 0.127. The zero-order valence-corrected chi connectivity index (χ0v) is 13.3. The third-order valence-electron chi connectivity index (χ3n) is 3.52. The van der Waals surface area contributed by atoms with Crippen molar-refractivity contribution in [3.8, 4) is 0 Å². The van der Waals surface area contributed by atoms with E-state index in [4.69, 9.17) is 23.2 Å². The number of hydrogen-bond donors (Lipinski definition) is 1. The fraction of sp³-hybridized carbons (Fsp3) is 0.250. The molecule has 2 amide bonds. The van der Waals surface area contributed by atoms with Crippen LogP contribution in [0, 0.1) is 0 Å². The van der Waals surface area contributed by atoms with Crippen LogP contribution < -0.4 is 5.32 Å². The predicted octanol–water partition coefficient (Wildman–Crippen LogP) is 4.58. The summed E-state index contributed by atoms with van der Waals surface area (Å²) in [4.78, 5) is 18.4. The number of anilines is 1. The van der Waals surface area contributed by atoms with Gasteiger partial charge in [-0.3, -0.25) is 4.98 Å². The van der Waals surface area contributed by atoms with Crippen LogP contribution in [-0.4, -0.2) is 22.0 Å². The zero-order chi connectivity index (χ0) is 15.5. The van der Waals surface area contributed by atoms with Gasteiger partial charge in [-0.2, -0.15) is 0 Å². The molecule has 0 unspecified atom stereocenters. The Morgan fingerprint density at radius 1 is 1.18 bits per heavy atom. The van der Waals surface area contributed by atoms with E-state index in [1.165, 1.54) is 0 Å². The number of rotatable bonds is 4. The van der Waals surface area contributed by atoms with E-state index >= 15 is 0 Å². The Balaban J connectivity index is 1.71. The Morgan fingerprint density at radius 3 is 2.55 bits per heavy atom. The molecule has 0 saturated heterocycles. The molecule has 0 radical (unpaired) electrons. The Morgan fingerprint density at radius 2 is 1.91 bits per heavy atom. The highest BCUT2D eigenvalue weighted by Gasteiger charge is 2.32. The average molecular weight is 336 g/mol. The van der Waals surface area contributed by atoms with Crippen LogP contribution in [0.3, 0.4) is 0 Å². The molecule has 4 nitrogen and oxygen atoms in total. The van der Waals surface area contributed by atoms with Crippen molar-refractivity contribution in [1.29, 1.82) is 0 Å². The molecule has 3 rings (SSSR count). The van der Waals surface area contributed by atoms with Gasteiger partial charge in [-0.25, -0.2) is 4.79 Å². The second kappa shape index (κ2) is 6.55. The maximum absolute atomic E-state index is 12.5. The highest BCUT2D eigenvalue weighted by atomic mass is 35.5. The Hall–Kier alpha value is -1.78. The lowest BCUT2D eigenvalue weighted by Gasteiger charge is -2.23. The number of carbonyl (C=O) groups is 1. The number of aromatic nitrogens is 1. The molecular weight excluding hydrogens is 321 g/mol. The zero-order valence-electron chi connectivity index (χ0n) is 11.8. The third kappa shape index (κ3) is 3.70. The van der Waals surface area contributed by atoms with E-state index in [0.717, 1.165) is 18.4 Å². The van der Waals surface area contributed by atoms with Crippen LogP contribution in [0.15, 0.2) is 42.7 Å². The Bertz CT molecular complexity index is 674. The van der Waals surface area contributed by atoms with E-state index in [1.54, 1.807) is 30.6 Å². The van der Waals surface area contributed by atoms with Crippen LogP contribution in [-0.2, 0) is 6.54 Å². The smallest absolute Gasteiger partial charge is 0.317 e. The molecule has 1 heterocycles. The molecule has 1 aliphatic carbocycles. The third-order valence-corrected chi connectivity index (χ3v) is 4.26. The molecule has 22 heavy (non-hydrogen) atoms. The number of carbonyl (C=O) groups excluding carboxylic acids is 1. The van der Waals surface area contributed by atoms with Gasteiger partial charge < -0.3 is 10.2 Å². The van der Waals surface area contributed by atoms with Gasteiger partial charge in [0.15, 0.2) is 0 Å². The Kier molecular flexibility index (Phi) is 4.50. The van der Waals surface area contributed by atoms with Crippen molar-refractivity contribution in [2.24, 2.45) is 0 Å². The van der Waals surface area contributed by atoms with Gasteiger partial charge in [0.1, 0.15) is 0 Å². The first-order valence-corrected chi connectivity index (χ1v) is 7.80. The number of nitrogens with zero attached hydrogens (tertiary/aromatic N) is 2. The molecule has 1 N–H and O–H groups in total. The van der Waals surface area contributed by atoms with Crippen molar-refractivity contribution in [2.45, 2.75) is 25.4 Å². The van der Waals surface area contributed by atoms with Gasteiger partial charge in [-0.05, 0) is 48.7 Å². The normalized spacial score (nSPS) is 13.7. The van der Waals surface area contributed by atoms with Crippen LogP contribution in [0.1, 0.15) is 18.4 Å². The molecule has 0 atom stereocenters. The largest absolute Gasteiger partial charge is 0.322 e. The SMILES string of the molecule is O=C(Nc1ccc(Cl)c(Cl)c1)N(Cc1ccncc1)C1CC1. The van der Waals surface area contributed by atoms with Gasteiger partial charge in [-0.1, -0.05) is 23.2 Å². The monoisotopic (exact) mass is 335 g/mol. The minimum Gasteiger partial charge on any atom is -0.317 e. The first-order valence-electron chi connectivity index (χ1n) is 7.05. The van der Waals surface area contributed by atoms with Gasteiger partial charge in [0, 0.05) is 30.7 Å². The highest BCUT2D eigenvalue weighted by molar-refractivity contribution is 6.42. The van der Waals surface area contributed by atoms with Crippen LogP contribution in [0.4, 0.5) is 10.5 Å². The summed E-state index contributed by atoms with van der Waals surface area (Å²) in [6.07, 6.45) is 5.55. The molecule has 0 aliphatic heterocycles. The first kappa shape index (κ1) is 15.1. The average Bonchev–Trinajstić information content (AvgIpc) is 3.34. The number of halogens is 2. The molecule has 6 heteroatoms. The van der Waals surface area contributed by atoms with Crippen molar-refractivity contribution < 1.29 is 4.79 Å². The second-order valence-electron chi connectivity index (χ2n) is 5.27. The molecule has 1 aliphatic rings. The second-order valence-corrected chi connectivity index (χ2v) is 6.09. The van der Waals surface area contributed by atoms with Crippen LogP contribution in [0.25, 0.3) is 0 Å². The maximum atomic E-state index is 12.5. The van der Waals surface area contributed by atoms with Gasteiger partial charge in [0.05, 0.1) is 10.0 Å². The summed E-state index contributed by atoms with van der Waals surface area (Å²) in [6, 6.07) is 9.07. The molecule has 0 bridgehead atoms. The van der Waals surface area contributed by atoms with Crippen molar-refractivity contribution in [2.75, 3.05) is 5.32 Å². The summed E-state index contributed by atoms with van der Waals surface area (Å²) < 4.78 is 0. The van der Waals surface area contributed by atoms with Gasteiger partial charge >= 0.3 is 6.03 Å². The minimum atomic E-state index is -0.127. The lowest BCUT2D eigenvalue weighted by atomic mass is 10.2. The summed E-state index contributed by atoms with van der Waals surface area (Å²) in [5.74, 6) is 0. The standard InChI is InChI=1S/C16H15Cl2N3O/c17-14-4-1-12(9-15(14)18)20-16(22)21(13-2-3-13)10-11-5-7-19-8-6-11/h1,4-9,13H,2-3,10H2,(H,20,22). The lowest BCUT2D eigenvalue weighted by Crippen LogP contribution is -2.36. The van der Waals surface area contributed by atoms with Gasteiger partial charge in [-0.15, -0.1) is 0 Å². The fourth-order valence-corrected chi connectivity index (χ4v) is 2.51. The first-order chi connectivity index (χ1) is 10.6. The topological polar surface area (TPSA) is 45.2 Å². The summed E-state index contributed by atoms with van der Waals surface area (Å²) in [5.41, 5.74) is 1.70. The molecule has 1 saturated carbocycles. The van der Waals surface area contributed by atoms with E-state index in [-0.39, 0.29) is 6.03 Å². The van der Waals surface area contributed by atoms with E-state index < -0.39 is 0 Å². The van der Waals surface area contributed by atoms with E-state index in [2.05, 4.69) is 10.3 Å². The summed E-state index contributed by atoms with van der Waals surface area (Å²) >= 11 is 11.9. The van der Waals surface area contributed by atoms with Crippen LogP contribution in [0.5, 0.6) is 0 Å². The van der Waals surface area contributed by atoms with Crippen LogP contribution in [0.2, 0.25) is 10.0 Å². The van der Waals surface area contributed by atoms with Crippen molar-refractivity contribution in [1.82, 2.24) is 9.88 Å². The highest BCUT2D eigenvalue weighted by Crippen LogP contribution is 2.30. The number of nitrogens with one attached hydrogen (secondary N) is 1. The van der Waals surface area contributed by atoms with E-state index in [0.29, 0.717) is 28.3 Å². The molecule has 1 fully saturated rings. The molecule has 114 valence electrons. The van der Waals surface area contributed by atoms with Crippen molar-refractivity contribution in [3.63, 3.8) is 0 Å². The van der Waals surface area contributed by atoms with Crippen molar-refractivity contribution >= 4 is 34.9 Å². The number of pyridine rings is 1. The summed E-state index contributed by atoms with van der Waals surface area (Å²) in [5, 5.41) is 3.77. The van der Waals surface area contributed by atoms with E-state index in [9.17, 15) is 4.79 Å². The molecular formula is C16H15Cl2N3O. The van der Waals surface area contributed by atoms with Crippen molar-refractivity contribution in [3.05, 3.63) is 58.3 Å². The molecule has 2 aromatic rings. The maximum Gasteiger partial charge on any atom is 0.322 e. The molecule has 1 aromatic heterocycles. The fourth-order valence-electron chi connectivity index (χ4n) is 2.21. The number of benzene rings is 1. The number of amides is 2. The van der Waals surface area contributed by atoms with Gasteiger partial charge in [0.25, 0.3) is 0 Å². The number of urea groups is 1.